The highest BCUT2D eigenvalue weighted by Gasteiger charge is 2.65. The first-order chi connectivity index (χ1) is 17.1. The largest absolute Gasteiger partial charge is 0.388 e. The van der Waals surface area contributed by atoms with Gasteiger partial charge in [-0.25, -0.2) is 0 Å². The average molecular weight is 459 g/mol. The highest BCUT2D eigenvalue weighted by molar-refractivity contribution is 6.22. The van der Waals surface area contributed by atoms with Crippen molar-refractivity contribution in [2.75, 3.05) is 0 Å². The zero-order valence-electron chi connectivity index (χ0n) is 18.3. The number of allylic oxidation sites excluding steroid dienone is 3. The van der Waals surface area contributed by atoms with Crippen molar-refractivity contribution in [1.82, 2.24) is 5.32 Å². The molecule has 0 aromatic heterocycles. The number of rotatable bonds is 5. The van der Waals surface area contributed by atoms with Gasteiger partial charge in [0.2, 0.25) is 5.91 Å². The number of benzene rings is 3. The van der Waals surface area contributed by atoms with Crippen LogP contribution in [0.3, 0.4) is 0 Å². The topological polar surface area (TPSA) is 112 Å². The van der Waals surface area contributed by atoms with E-state index < -0.39 is 22.6 Å². The molecule has 0 bridgehead atoms. The van der Waals surface area contributed by atoms with Crippen LogP contribution in [0.15, 0.2) is 103 Å². The van der Waals surface area contributed by atoms with Crippen LogP contribution in [0.5, 0.6) is 11.5 Å². The van der Waals surface area contributed by atoms with Crippen LogP contribution in [0.2, 0.25) is 0 Å². The Labute approximate surface area is 201 Å². The van der Waals surface area contributed by atoms with Crippen molar-refractivity contribution >= 4 is 11.8 Å². The molecule has 5 rings (SSSR count). The van der Waals surface area contributed by atoms with E-state index in [1.165, 1.54) is 0 Å². The SMILES string of the molecule is N#COc1ccc(C2(c3ccc(OC#N)cc3)C=CC=C3C(=O)NC(=O)C32c2ccccc2)cc1. The van der Waals surface area contributed by atoms with Gasteiger partial charge in [-0.1, -0.05) is 72.8 Å². The van der Waals surface area contributed by atoms with Gasteiger partial charge in [-0.3, -0.25) is 14.9 Å². The van der Waals surface area contributed by atoms with Crippen molar-refractivity contribution in [3.63, 3.8) is 0 Å². The Kier molecular flexibility index (Phi) is 5.16. The average Bonchev–Trinajstić information content (AvgIpc) is 3.16. The third kappa shape index (κ3) is 3.03. The highest BCUT2D eigenvalue weighted by atomic mass is 16.5. The zero-order valence-corrected chi connectivity index (χ0v) is 18.3. The molecular weight excluding hydrogens is 442 g/mol. The standard InChI is InChI=1S/C28H17N3O4/c29-17-34-22-12-8-19(9-13-22)27(20-10-14-23(15-11-20)35-18-30)16-4-7-24-25(32)31-26(33)28(24,27)21-5-2-1-3-6-21/h1-16H,(H,31,32,33). The molecule has 2 amide bonds. The lowest BCUT2D eigenvalue weighted by atomic mass is 9.50. The minimum absolute atomic E-state index is 0.325. The minimum Gasteiger partial charge on any atom is -0.388 e. The summed E-state index contributed by atoms with van der Waals surface area (Å²) < 4.78 is 9.92. The summed E-state index contributed by atoms with van der Waals surface area (Å²) in [6, 6.07) is 22.9. The molecule has 3 aromatic rings. The Balaban J connectivity index is 1.87. The lowest BCUT2D eigenvalue weighted by molar-refractivity contribution is -0.127. The molecule has 1 heterocycles. The molecule has 7 nitrogen and oxygen atoms in total. The number of carbonyl (C=O) groups is 2. The van der Waals surface area contributed by atoms with Gasteiger partial charge in [0.1, 0.15) is 16.9 Å². The fourth-order valence-corrected chi connectivity index (χ4v) is 5.23. The third-order valence-electron chi connectivity index (χ3n) is 6.57. The van der Waals surface area contributed by atoms with E-state index in [2.05, 4.69) is 5.32 Å². The highest BCUT2D eigenvalue weighted by Crippen LogP contribution is 2.58. The monoisotopic (exact) mass is 459 g/mol. The molecule has 1 atom stereocenters. The number of hydrogen-bond acceptors (Lipinski definition) is 6. The van der Waals surface area contributed by atoms with Crippen molar-refractivity contribution in [1.29, 1.82) is 10.5 Å². The van der Waals surface area contributed by atoms with Crippen LogP contribution in [-0.4, -0.2) is 11.8 Å². The molecule has 1 saturated heterocycles. The summed E-state index contributed by atoms with van der Waals surface area (Å²) in [6.45, 7) is 0. The molecule has 0 saturated carbocycles. The number of nitriles is 2. The maximum atomic E-state index is 13.9. The smallest absolute Gasteiger partial charge is 0.292 e. The first-order valence-corrected chi connectivity index (χ1v) is 10.7. The Morgan fingerprint density at radius 2 is 1.26 bits per heavy atom. The van der Waals surface area contributed by atoms with E-state index in [1.54, 1.807) is 73.2 Å². The number of hydrogen-bond donors (Lipinski definition) is 1. The number of imide groups is 1. The molecule has 3 aromatic carbocycles. The van der Waals surface area contributed by atoms with E-state index in [0.717, 1.165) is 0 Å². The van der Waals surface area contributed by atoms with E-state index in [0.29, 0.717) is 33.8 Å². The van der Waals surface area contributed by atoms with Crippen LogP contribution >= 0.6 is 0 Å². The number of carbonyl (C=O) groups excluding carboxylic acids is 2. The summed E-state index contributed by atoms with van der Waals surface area (Å²) in [5, 5.41) is 20.3. The Bertz CT molecular complexity index is 1400. The molecule has 1 unspecified atom stereocenters. The summed E-state index contributed by atoms with van der Waals surface area (Å²) in [5.41, 5.74) is -0.209. The van der Waals surface area contributed by atoms with Crippen molar-refractivity contribution in [2.24, 2.45) is 0 Å². The van der Waals surface area contributed by atoms with Crippen LogP contribution in [-0.2, 0) is 20.4 Å². The van der Waals surface area contributed by atoms with Gasteiger partial charge < -0.3 is 9.47 Å². The lowest BCUT2D eigenvalue weighted by Gasteiger charge is -2.48. The van der Waals surface area contributed by atoms with Gasteiger partial charge in [-0.05, 0) is 41.0 Å². The van der Waals surface area contributed by atoms with Crippen molar-refractivity contribution in [3.8, 4) is 24.0 Å². The Morgan fingerprint density at radius 1 is 0.714 bits per heavy atom. The fourth-order valence-electron chi connectivity index (χ4n) is 5.23. The van der Waals surface area contributed by atoms with Gasteiger partial charge in [-0.2, -0.15) is 0 Å². The summed E-state index contributed by atoms with van der Waals surface area (Å²) in [6.07, 6.45) is 8.66. The fraction of sp³-hybridized carbons (Fsp3) is 0.0714. The van der Waals surface area contributed by atoms with E-state index in [-0.39, 0.29) is 0 Å². The summed E-state index contributed by atoms with van der Waals surface area (Å²) in [5.74, 6) is -0.207. The van der Waals surface area contributed by atoms with Crippen molar-refractivity contribution < 1.29 is 19.1 Å². The van der Waals surface area contributed by atoms with Gasteiger partial charge in [0, 0.05) is 5.57 Å². The second-order valence-corrected chi connectivity index (χ2v) is 8.08. The molecular formula is C28H17N3O4. The summed E-state index contributed by atoms with van der Waals surface area (Å²) >= 11 is 0. The second-order valence-electron chi connectivity index (χ2n) is 8.08. The predicted molar refractivity (Wildman–Crippen MR) is 125 cm³/mol. The maximum absolute atomic E-state index is 13.9. The molecule has 35 heavy (non-hydrogen) atoms. The lowest BCUT2D eigenvalue weighted by Crippen LogP contribution is -2.55. The minimum atomic E-state index is -1.42. The normalized spacial score (nSPS) is 19.5. The third-order valence-corrected chi connectivity index (χ3v) is 6.57. The first kappa shape index (κ1) is 21.7. The number of nitrogens with zero attached hydrogens (tertiary/aromatic N) is 2. The van der Waals surface area contributed by atoms with Crippen LogP contribution < -0.4 is 14.8 Å². The number of ether oxygens (including phenoxy) is 2. The number of fused-ring (bicyclic) bond motifs is 1. The van der Waals surface area contributed by atoms with E-state index in [4.69, 9.17) is 20.0 Å². The zero-order chi connectivity index (χ0) is 24.5. The van der Waals surface area contributed by atoms with E-state index in [9.17, 15) is 9.59 Å². The molecule has 0 radical (unpaired) electrons. The van der Waals surface area contributed by atoms with Crippen LogP contribution in [0.4, 0.5) is 0 Å². The van der Waals surface area contributed by atoms with E-state index >= 15 is 0 Å². The predicted octanol–water partition coefficient (Wildman–Crippen LogP) is 3.78. The second kappa shape index (κ2) is 8.33. The van der Waals surface area contributed by atoms with Gasteiger partial charge in [0.15, 0.2) is 0 Å². The first-order valence-electron chi connectivity index (χ1n) is 10.7. The number of nitrogens with one attached hydrogen (secondary N) is 1. The van der Waals surface area contributed by atoms with Crippen LogP contribution in [0.25, 0.3) is 0 Å². The quantitative estimate of drug-likeness (QED) is 0.459. The number of amides is 2. The molecule has 1 fully saturated rings. The molecule has 168 valence electrons. The maximum Gasteiger partial charge on any atom is 0.292 e. The molecule has 7 heteroatoms. The molecule has 0 spiro atoms. The van der Waals surface area contributed by atoms with Gasteiger partial charge in [0.05, 0.1) is 5.41 Å². The molecule has 1 aliphatic heterocycles. The molecule has 2 aliphatic rings. The van der Waals surface area contributed by atoms with Gasteiger partial charge >= 0.3 is 0 Å². The van der Waals surface area contributed by atoms with Crippen molar-refractivity contribution in [2.45, 2.75) is 10.8 Å². The van der Waals surface area contributed by atoms with Crippen LogP contribution in [0.1, 0.15) is 16.7 Å². The Hall–Kier alpha value is -5.14. The summed E-state index contributed by atoms with van der Waals surface area (Å²) in [7, 11) is 0. The van der Waals surface area contributed by atoms with Crippen LogP contribution in [0, 0.1) is 23.0 Å². The summed E-state index contributed by atoms with van der Waals surface area (Å²) in [4.78, 5) is 27.0. The van der Waals surface area contributed by atoms with E-state index in [1.807, 2.05) is 36.4 Å². The Morgan fingerprint density at radius 3 is 1.77 bits per heavy atom. The van der Waals surface area contributed by atoms with Crippen molar-refractivity contribution in [3.05, 3.63) is 119 Å². The molecule has 1 aliphatic carbocycles. The van der Waals surface area contributed by atoms with Gasteiger partial charge in [0.25, 0.3) is 18.4 Å². The molecule has 1 N–H and O–H groups in total. The van der Waals surface area contributed by atoms with Gasteiger partial charge in [-0.15, -0.1) is 10.5 Å².